The first-order valence-corrected chi connectivity index (χ1v) is 7.72. The zero-order valence-corrected chi connectivity index (χ0v) is 14.0. The molecule has 1 aromatic heterocycles. The summed E-state index contributed by atoms with van der Waals surface area (Å²) in [6.07, 6.45) is 0. The topological polar surface area (TPSA) is 67.6 Å². The molecule has 23 heavy (non-hydrogen) atoms. The fourth-order valence-corrected chi connectivity index (χ4v) is 2.33. The molecule has 6 nitrogen and oxygen atoms in total. The highest BCUT2D eigenvalue weighted by Gasteiger charge is 2.09. The molecule has 1 heterocycles. The van der Waals surface area contributed by atoms with E-state index in [9.17, 15) is 4.79 Å². The zero-order chi connectivity index (χ0) is 16.8. The summed E-state index contributed by atoms with van der Waals surface area (Å²) in [7, 11) is 0. The van der Waals surface area contributed by atoms with E-state index >= 15 is 0 Å². The Morgan fingerprint density at radius 3 is 2.57 bits per heavy atom. The fraction of sp³-hybridized carbons (Fsp3) is 0.412. The van der Waals surface area contributed by atoms with Crippen LogP contribution in [-0.4, -0.2) is 30.3 Å². The number of amides is 1. The van der Waals surface area contributed by atoms with Gasteiger partial charge in [0.1, 0.15) is 5.76 Å². The van der Waals surface area contributed by atoms with Gasteiger partial charge in [-0.2, -0.15) is 0 Å². The first kappa shape index (κ1) is 16.9. The molecule has 124 valence electrons. The first-order chi connectivity index (χ1) is 11.0. The van der Waals surface area contributed by atoms with Crippen molar-refractivity contribution < 1.29 is 14.1 Å². The van der Waals surface area contributed by atoms with E-state index in [4.69, 9.17) is 9.26 Å². The zero-order valence-electron chi connectivity index (χ0n) is 14.0. The molecular weight excluding hydrogens is 294 g/mol. The largest absolute Gasteiger partial charge is 0.465 e. The van der Waals surface area contributed by atoms with Gasteiger partial charge in [0.25, 0.3) is 11.8 Å². The summed E-state index contributed by atoms with van der Waals surface area (Å²) in [6, 6.07) is 9.84. The molecule has 0 radical (unpaired) electrons. The highest BCUT2D eigenvalue weighted by Crippen LogP contribution is 2.20. The maximum absolute atomic E-state index is 11.9. The van der Waals surface area contributed by atoms with Gasteiger partial charge in [0.05, 0.1) is 0 Å². The van der Waals surface area contributed by atoms with E-state index < -0.39 is 0 Å². The summed E-state index contributed by atoms with van der Waals surface area (Å²) in [5.41, 5.74) is 1.87. The third-order valence-corrected chi connectivity index (χ3v) is 3.40. The number of carbonyl (C=O) groups is 1. The van der Waals surface area contributed by atoms with E-state index in [-0.39, 0.29) is 12.5 Å². The SMILES string of the molecule is CCN(c1ccc(NC(=O)COc2cc(C)on2)cc1)C(C)C. The molecule has 1 aromatic carbocycles. The summed E-state index contributed by atoms with van der Waals surface area (Å²) in [4.78, 5) is 14.2. The van der Waals surface area contributed by atoms with Gasteiger partial charge >= 0.3 is 0 Å². The molecule has 1 N–H and O–H groups in total. The third-order valence-electron chi connectivity index (χ3n) is 3.40. The molecule has 0 fully saturated rings. The Morgan fingerprint density at radius 2 is 2.04 bits per heavy atom. The Kier molecular flexibility index (Phi) is 5.62. The molecule has 0 aliphatic carbocycles. The Morgan fingerprint density at radius 1 is 1.35 bits per heavy atom. The normalized spacial score (nSPS) is 10.7. The minimum atomic E-state index is -0.241. The highest BCUT2D eigenvalue weighted by atomic mass is 16.5. The van der Waals surface area contributed by atoms with Crippen molar-refractivity contribution in [2.24, 2.45) is 0 Å². The molecule has 0 bridgehead atoms. The predicted octanol–water partition coefficient (Wildman–Crippen LogP) is 3.24. The van der Waals surface area contributed by atoms with Crippen LogP contribution in [0.4, 0.5) is 11.4 Å². The minimum Gasteiger partial charge on any atom is -0.465 e. The lowest BCUT2D eigenvalue weighted by Gasteiger charge is -2.27. The van der Waals surface area contributed by atoms with E-state index in [0.717, 1.165) is 17.9 Å². The summed E-state index contributed by atoms with van der Waals surface area (Å²) < 4.78 is 10.1. The second kappa shape index (κ2) is 7.67. The lowest BCUT2D eigenvalue weighted by atomic mass is 10.2. The monoisotopic (exact) mass is 317 g/mol. The number of nitrogens with zero attached hydrogens (tertiary/aromatic N) is 2. The maximum Gasteiger partial charge on any atom is 0.262 e. The Labute approximate surface area is 136 Å². The number of benzene rings is 1. The number of nitrogens with one attached hydrogen (secondary N) is 1. The summed E-state index contributed by atoms with van der Waals surface area (Å²) in [6.45, 7) is 9.02. The van der Waals surface area contributed by atoms with Crippen molar-refractivity contribution in [3.8, 4) is 5.88 Å². The van der Waals surface area contributed by atoms with Crippen molar-refractivity contribution in [1.29, 1.82) is 0 Å². The standard InChI is InChI=1S/C17H23N3O3/c1-5-20(12(2)3)15-8-6-14(7-9-15)18-16(21)11-22-17-10-13(4)23-19-17/h6-10,12H,5,11H2,1-4H3,(H,18,21). The van der Waals surface area contributed by atoms with Gasteiger partial charge in [-0.25, -0.2) is 0 Å². The average molecular weight is 317 g/mol. The second-order valence-electron chi connectivity index (χ2n) is 5.54. The van der Waals surface area contributed by atoms with Gasteiger partial charge in [-0.1, -0.05) is 0 Å². The van der Waals surface area contributed by atoms with Crippen molar-refractivity contribution in [2.45, 2.75) is 33.7 Å². The van der Waals surface area contributed by atoms with Gasteiger partial charge in [-0.15, -0.1) is 0 Å². The van der Waals surface area contributed by atoms with Crippen LogP contribution in [0.1, 0.15) is 26.5 Å². The first-order valence-electron chi connectivity index (χ1n) is 7.72. The van der Waals surface area contributed by atoms with Gasteiger partial charge in [0, 0.05) is 30.0 Å². The van der Waals surface area contributed by atoms with Crippen LogP contribution in [0, 0.1) is 6.92 Å². The van der Waals surface area contributed by atoms with Crippen LogP contribution in [-0.2, 0) is 4.79 Å². The number of ether oxygens (including phenoxy) is 1. The molecule has 2 rings (SSSR count). The van der Waals surface area contributed by atoms with Crippen molar-refractivity contribution in [1.82, 2.24) is 5.16 Å². The highest BCUT2D eigenvalue weighted by molar-refractivity contribution is 5.92. The van der Waals surface area contributed by atoms with Crippen LogP contribution in [0.15, 0.2) is 34.9 Å². The molecule has 0 atom stereocenters. The molecule has 0 aliphatic rings. The van der Waals surface area contributed by atoms with E-state index in [0.29, 0.717) is 17.7 Å². The van der Waals surface area contributed by atoms with Crippen LogP contribution in [0.25, 0.3) is 0 Å². The predicted molar refractivity (Wildman–Crippen MR) is 90.0 cm³/mol. The molecule has 2 aromatic rings. The minimum absolute atomic E-state index is 0.110. The summed E-state index contributed by atoms with van der Waals surface area (Å²) in [5.74, 6) is 0.708. The number of hydrogen-bond acceptors (Lipinski definition) is 5. The molecule has 0 aliphatic heterocycles. The molecule has 0 saturated heterocycles. The second-order valence-corrected chi connectivity index (χ2v) is 5.54. The van der Waals surface area contributed by atoms with Crippen molar-refractivity contribution in [3.05, 3.63) is 36.1 Å². The lowest BCUT2D eigenvalue weighted by Crippen LogP contribution is -2.30. The van der Waals surface area contributed by atoms with Gasteiger partial charge in [-0.05, 0) is 57.1 Å². The maximum atomic E-state index is 11.9. The van der Waals surface area contributed by atoms with Gasteiger partial charge < -0.3 is 19.5 Å². The third kappa shape index (κ3) is 4.74. The Bertz CT molecular complexity index is 635. The van der Waals surface area contributed by atoms with Crippen LogP contribution in [0.2, 0.25) is 0 Å². The lowest BCUT2D eigenvalue weighted by molar-refractivity contribution is -0.118. The quantitative estimate of drug-likeness (QED) is 0.849. The number of carbonyl (C=O) groups excluding carboxylic acids is 1. The van der Waals surface area contributed by atoms with Crippen LogP contribution < -0.4 is 15.0 Å². The van der Waals surface area contributed by atoms with Crippen molar-refractivity contribution in [2.75, 3.05) is 23.4 Å². The molecule has 0 spiro atoms. The molecular formula is C17H23N3O3. The summed E-state index contributed by atoms with van der Waals surface area (Å²) >= 11 is 0. The fourth-order valence-electron chi connectivity index (χ4n) is 2.33. The number of anilines is 2. The van der Waals surface area contributed by atoms with Gasteiger partial charge in [0.15, 0.2) is 6.61 Å². The number of hydrogen-bond donors (Lipinski definition) is 1. The average Bonchev–Trinajstić information content (AvgIpc) is 2.93. The molecule has 0 unspecified atom stereocenters. The van der Waals surface area contributed by atoms with Gasteiger partial charge in [-0.3, -0.25) is 4.79 Å². The van der Waals surface area contributed by atoms with E-state index in [1.54, 1.807) is 13.0 Å². The molecule has 6 heteroatoms. The van der Waals surface area contributed by atoms with Crippen LogP contribution in [0.5, 0.6) is 5.88 Å². The van der Waals surface area contributed by atoms with Gasteiger partial charge in [0.2, 0.25) is 0 Å². The number of aryl methyl sites for hydroxylation is 1. The van der Waals surface area contributed by atoms with E-state index in [2.05, 4.69) is 36.1 Å². The smallest absolute Gasteiger partial charge is 0.262 e. The van der Waals surface area contributed by atoms with Crippen LogP contribution in [0.3, 0.4) is 0 Å². The molecule has 1 amide bonds. The van der Waals surface area contributed by atoms with E-state index in [1.165, 1.54) is 0 Å². The Hall–Kier alpha value is -2.50. The Balaban J connectivity index is 1.88. The number of aromatic nitrogens is 1. The van der Waals surface area contributed by atoms with Crippen LogP contribution >= 0.6 is 0 Å². The van der Waals surface area contributed by atoms with Crippen molar-refractivity contribution >= 4 is 17.3 Å². The summed E-state index contributed by atoms with van der Waals surface area (Å²) in [5, 5.41) is 6.46. The van der Waals surface area contributed by atoms with Crippen molar-refractivity contribution in [3.63, 3.8) is 0 Å². The van der Waals surface area contributed by atoms with E-state index in [1.807, 2.05) is 24.3 Å². The molecule has 0 saturated carbocycles. The number of rotatable bonds is 7.